The topological polar surface area (TPSA) is 56.2 Å². The Morgan fingerprint density at radius 1 is 1.21 bits per heavy atom. The van der Waals surface area contributed by atoms with Gasteiger partial charge >= 0.3 is 0 Å². The third kappa shape index (κ3) is 3.86. The number of amides is 1. The fraction of sp³-hybridized carbons (Fsp3) is 0.0909. The number of para-hydroxylation sites is 1. The van der Waals surface area contributed by atoms with Crippen LogP contribution >= 0.6 is 15.9 Å². The predicted molar refractivity (Wildman–Crippen MR) is 113 cm³/mol. The second kappa shape index (κ2) is 8.05. The van der Waals surface area contributed by atoms with Crippen molar-refractivity contribution in [3.63, 3.8) is 0 Å². The van der Waals surface area contributed by atoms with Gasteiger partial charge in [-0.05, 0) is 51.8 Å². The van der Waals surface area contributed by atoms with Gasteiger partial charge in [0.15, 0.2) is 11.6 Å². The summed E-state index contributed by atoms with van der Waals surface area (Å²) in [4.78, 5) is 16.7. The first-order valence-electron chi connectivity index (χ1n) is 8.92. The van der Waals surface area contributed by atoms with E-state index in [2.05, 4.69) is 26.2 Å². The van der Waals surface area contributed by atoms with E-state index in [-0.39, 0.29) is 18.2 Å². The molecule has 0 bridgehead atoms. The van der Waals surface area contributed by atoms with E-state index in [0.717, 1.165) is 15.4 Å². The highest BCUT2D eigenvalue weighted by molar-refractivity contribution is 9.10. The van der Waals surface area contributed by atoms with E-state index in [9.17, 15) is 9.18 Å². The number of benzene rings is 2. The van der Waals surface area contributed by atoms with E-state index in [1.165, 1.54) is 18.3 Å². The molecule has 0 aliphatic heterocycles. The van der Waals surface area contributed by atoms with Crippen LogP contribution in [-0.4, -0.2) is 15.5 Å². The van der Waals surface area contributed by atoms with E-state index < -0.39 is 5.82 Å². The predicted octanol–water partition coefficient (Wildman–Crippen LogP) is 5.20. The highest BCUT2D eigenvalue weighted by Gasteiger charge is 2.19. The fourth-order valence-corrected chi connectivity index (χ4v) is 3.92. The summed E-state index contributed by atoms with van der Waals surface area (Å²) in [5, 5.41) is 3.81. The Labute approximate surface area is 175 Å². The molecule has 0 unspecified atom stereocenters. The maximum absolute atomic E-state index is 14.4. The zero-order valence-electron chi connectivity index (χ0n) is 15.5. The third-order valence-electron chi connectivity index (χ3n) is 4.57. The molecule has 0 saturated carbocycles. The van der Waals surface area contributed by atoms with Gasteiger partial charge in [0, 0.05) is 30.7 Å². The van der Waals surface area contributed by atoms with E-state index in [4.69, 9.17) is 4.74 Å². The van der Waals surface area contributed by atoms with Crippen LogP contribution < -0.4 is 10.1 Å². The first kappa shape index (κ1) is 19.1. The molecule has 2 heterocycles. The molecule has 4 aromatic rings. The SMILES string of the molecule is Cn1c(C(=O)NCc2ccc(Oc3cccnc3)c(F)c2)c(Br)c2ccccc21. The minimum atomic E-state index is -0.508. The molecule has 7 heteroatoms. The molecular formula is C22H17BrFN3O2. The summed E-state index contributed by atoms with van der Waals surface area (Å²) in [6, 6.07) is 15.8. The van der Waals surface area contributed by atoms with Crippen molar-refractivity contribution in [2.24, 2.45) is 7.05 Å². The lowest BCUT2D eigenvalue weighted by Crippen LogP contribution is -2.25. The van der Waals surface area contributed by atoms with Gasteiger partial charge in [-0.25, -0.2) is 4.39 Å². The fourth-order valence-electron chi connectivity index (χ4n) is 3.14. The van der Waals surface area contributed by atoms with Crippen LogP contribution in [0.5, 0.6) is 11.5 Å². The minimum absolute atomic E-state index is 0.101. The molecule has 1 amide bonds. The molecule has 29 heavy (non-hydrogen) atoms. The minimum Gasteiger partial charge on any atom is -0.453 e. The molecule has 146 valence electrons. The highest BCUT2D eigenvalue weighted by atomic mass is 79.9. The number of halogens is 2. The van der Waals surface area contributed by atoms with Crippen LogP contribution in [-0.2, 0) is 13.6 Å². The quantitative estimate of drug-likeness (QED) is 0.451. The second-order valence-corrected chi connectivity index (χ2v) is 7.27. The van der Waals surface area contributed by atoms with Crippen molar-refractivity contribution in [1.29, 1.82) is 0 Å². The molecule has 1 N–H and O–H groups in total. The van der Waals surface area contributed by atoms with Crippen LogP contribution in [0, 0.1) is 5.82 Å². The number of pyridine rings is 1. The van der Waals surface area contributed by atoms with Gasteiger partial charge in [-0.3, -0.25) is 9.78 Å². The van der Waals surface area contributed by atoms with Crippen molar-refractivity contribution in [1.82, 2.24) is 14.9 Å². The Morgan fingerprint density at radius 2 is 2.03 bits per heavy atom. The van der Waals surface area contributed by atoms with Crippen molar-refractivity contribution in [2.45, 2.75) is 6.54 Å². The molecule has 0 fully saturated rings. The lowest BCUT2D eigenvalue weighted by molar-refractivity contribution is 0.0942. The van der Waals surface area contributed by atoms with Crippen molar-refractivity contribution >= 4 is 32.7 Å². The monoisotopic (exact) mass is 453 g/mol. The van der Waals surface area contributed by atoms with Crippen LogP contribution in [0.15, 0.2) is 71.5 Å². The summed E-state index contributed by atoms with van der Waals surface area (Å²) < 4.78 is 22.4. The van der Waals surface area contributed by atoms with Gasteiger partial charge in [0.1, 0.15) is 11.4 Å². The maximum Gasteiger partial charge on any atom is 0.269 e. The first-order valence-corrected chi connectivity index (χ1v) is 9.71. The molecule has 0 aliphatic carbocycles. The number of aryl methyl sites for hydroxylation is 1. The largest absolute Gasteiger partial charge is 0.453 e. The lowest BCUT2D eigenvalue weighted by Gasteiger charge is -2.10. The van der Waals surface area contributed by atoms with Gasteiger partial charge in [0.25, 0.3) is 5.91 Å². The molecule has 0 saturated heterocycles. The molecule has 4 rings (SSSR count). The maximum atomic E-state index is 14.4. The number of ether oxygens (including phenoxy) is 1. The number of nitrogens with one attached hydrogen (secondary N) is 1. The number of carbonyl (C=O) groups excluding carboxylic acids is 1. The second-order valence-electron chi connectivity index (χ2n) is 6.48. The zero-order chi connectivity index (χ0) is 20.4. The van der Waals surface area contributed by atoms with Gasteiger partial charge < -0.3 is 14.6 Å². The Morgan fingerprint density at radius 3 is 2.76 bits per heavy atom. The lowest BCUT2D eigenvalue weighted by atomic mass is 10.2. The normalized spacial score (nSPS) is 10.9. The number of hydrogen-bond acceptors (Lipinski definition) is 3. The van der Waals surface area contributed by atoms with Crippen molar-refractivity contribution < 1.29 is 13.9 Å². The van der Waals surface area contributed by atoms with E-state index in [0.29, 0.717) is 17.0 Å². The molecule has 0 atom stereocenters. The highest BCUT2D eigenvalue weighted by Crippen LogP contribution is 2.30. The van der Waals surface area contributed by atoms with Gasteiger partial charge in [0.2, 0.25) is 0 Å². The number of rotatable bonds is 5. The summed E-state index contributed by atoms with van der Waals surface area (Å²) >= 11 is 3.52. The van der Waals surface area contributed by atoms with Crippen molar-refractivity contribution in [3.8, 4) is 11.5 Å². The smallest absolute Gasteiger partial charge is 0.269 e. The number of fused-ring (bicyclic) bond motifs is 1. The number of aromatic nitrogens is 2. The molecule has 2 aromatic heterocycles. The Bertz CT molecular complexity index is 1150. The van der Waals surface area contributed by atoms with E-state index in [1.807, 2.05) is 35.9 Å². The molecule has 0 spiro atoms. The standard InChI is InChI=1S/C22H17BrFN3O2/c1-27-18-7-3-2-6-16(18)20(23)21(27)22(28)26-12-14-8-9-19(17(24)11-14)29-15-5-4-10-25-13-15/h2-11,13H,12H2,1H3,(H,26,28). The third-order valence-corrected chi connectivity index (χ3v) is 5.37. The average Bonchev–Trinajstić information content (AvgIpc) is 2.99. The van der Waals surface area contributed by atoms with Crippen molar-refractivity contribution in [3.05, 3.63) is 88.5 Å². The summed E-state index contributed by atoms with van der Waals surface area (Å²) in [6.45, 7) is 0.191. The average molecular weight is 454 g/mol. The zero-order valence-corrected chi connectivity index (χ0v) is 17.1. The van der Waals surface area contributed by atoms with Crippen molar-refractivity contribution in [2.75, 3.05) is 0 Å². The van der Waals surface area contributed by atoms with Crippen LogP contribution in [0.4, 0.5) is 4.39 Å². The molecular weight excluding hydrogens is 437 g/mol. The van der Waals surface area contributed by atoms with Crippen LogP contribution in [0.3, 0.4) is 0 Å². The number of nitrogens with zero attached hydrogens (tertiary/aromatic N) is 2. The van der Waals surface area contributed by atoms with E-state index in [1.54, 1.807) is 24.4 Å². The molecule has 0 aliphatic rings. The van der Waals surface area contributed by atoms with Crippen LogP contribution in [0.25, 0.3) is 10.9 Å². The summed E-state index contributed by atoms with van der Waals surface area (Å²) in [5.74, 6) is -0.198. The molecule has 5 nitrogen and oxygen atoms in total. The van der Waals surface area contributed by atoms with Crippen LogP contribution in [0.2, 0.25) is 0 Å². The Balaban J connectivity index is 1.48. The summed E-state index contributed by atoms with van der Waals surface area (Å²) in [7, 11) is 1.84. The van der Waals surface area contributed by atoms with E-state index >= 15 is 0 Å². The van der Waals surface area contributed by atoms with Gasteiger partial charge in [-0.2, -0.15) is 0 Å². The van der Waals surface area contributed by atoms with Crippen LogP contribution in [0.1, 0.15) is 16.1 Å². The Kier molecular flexibility index (Phi) is 5.31. The Hall–Kier alpha value is -3.19. The van der Waals surface area contributed by atoms with Gasteiger partial charge in [-0.15, -0.1) is 0 Å². The molecule has 2 aromatic carbocycles. The number of hydrogen-bond donors (Lipinski definition) is 1. The van der Waals surface area contributed by atoms with Gasteiger partial charge in [0.05, 0.1) is 10.7 Å². The first-order chi connectivity index (χ1) is 14.0. The number of carbonyl (C=O) groups is 1. The van der Waals surface area contributed by atoms with Gasteiger partial charge in [-0.1, -0.05) is 24.3 Å². The molecule has 0 radical (unpaired) electrons. The summed E-state index contributed by atoms with van der Waals surface area (Å²) in [6.07, 6.45) is 3.12. The summed E-state index contributed by atoms with van der Waals surface area (Å²) in [5.41, 5.74) is 2.10.